The summed E-state index contributed by atoms with van der Waals surface area (Å²) in [6.07, 6.45) is 0. The Labute approximate surface area is 134 Å². The van der Waals surface area contributed by atoms with Crippen LogP contribution in [0.4, 0.5) is 0 Å². The Morgan fingerprint density at radius 3 is 2.00 bits per heavy atom. The monoisotopic (exact) mass is 336 g/mol. The first-order chi connectivity index (χ1) is 10.3. The van der Waals surface area contributed by atoms with Gasteiger partial charge < -0.3 is 0 Å². The number of halogens is 1. The Bertz CT molecular complexity index is 751. The van der Waals surface area contributed by atoms with Crippen molar-refractivity contribution in [3.63, 3.8) is 0 Å². The number of hydrogen-bond acceptors (Lipinski definition) is 4. The molecule has 0 bridgehead atoms. The zero-order valence-corrected chi connectivity index (χ0v) is 13.3. The van der Waals surface area contributed by atoms with Crippen LogP contribution in [0.2, 0.25) is 0 Å². The summed E-state index contributed by atoms with van der Waals surface area (Å²) in [5, 5.41) is 1.34. The highest BCUT2D eigenvalue weighted by Gasteiger charge is 2.13. The van der Waals surface area contributed by atoms with Gasteiger partial charge in [0.15, 0.2) is 0 Å². The van der Waals surface area contributed by atoms with E-state index >= 15 is 0 Å². The molecule has 6 heteroatoms. The smallest absolute Gasteiger partial charge is 0.222 e. The Morgan fingerprint density at radius 1 is 0.818 bits per heavy atom. The highest BCUT2D eigenvalue weighted by atomic mass is 35.7. The van der Waals surface area contributed by atoms with E-state index in [-0.39, 0.29) is 0 Å². The van der Waals surface area contributed by atoms with E-state index in [1.165, 1.54) is 26.1 Å². The van der Waals surface area contributed by atoms with Crippen LogP contribution in [0, 0.1) is 17.2 Å². The van der Waals surface area contributed by atoms with Gasteiger partial charge in [-0.15, -0.1) is 10.2 Å². The molecule has 3 aromatic rings. The van der Waals surface area contributed by atoms with Crippen molar-refractivity contribution in [1.29, 1.82) is 0 Å². The molecule has 0 aliphatic rings. The lowest BCUT2D eigenvalue weighted by atomic mass is 10.0. The van der Waals surface area contributed by atoms with Gasteiger partial charge in [0.1, 0.15) is 0 Å². The van der Waals surface area contributed by atoms with Crippen molar-refractivity contribution in [2.24, 2.45) is 0 Å². The van der Waals surface area contributed by atoms with Crippen LogP contribution in [0.5, 0.6) is 0 Å². The highest BCUT2D eigenvalue weighted by molar-refractivity contribution is 7.18. The molecule has 0 saturated carbocycles. The highest BCUT2D eigenvalue weighted by Crippen LogP contribution is 2.32. The van der Waals surface area contributed by atoms with E-state index < -0.39 is 10.2 Å². The van der Waals surface area contributed by atoms with Gasteiger partial charge in [-0.2, -0.15) is 0 Å². The molecule has 3 rings (SSSR count). The van der Waals surface area contributed by atoms with Crippen LogP contribution in [0.15, 0.2) is 60.7 Å². The van der Waals surface area contributed by atoms with E-state index in [0.717, 1.165) is 0 Å². The molecule has 1 heterocycles. The van der Waals surface area contributed by atoms with Gasteiger partial charge >= 0.3 is 0 Å². The molecule has 0 aliphatic carbocycles. The zero-order chi connectivity index (χ0) is 16.2. The Hall–Kier alpha value is -1.60. The molecule has 2 aromatic carbocycles. The number of hydrogen-bond donors (Lipinski definition) is 0. The Balaban J connectivity index is 0.000000309. The lowest BCUT2D eigenvalue weighted by Gasteiger charge is -2.17. The van der Waals surface area contributed by atoms with Crippen molar-refractivity contribution in [3.05, 3.63) is 65.5 Å². The summed E-state index contributed by atoms with van der Waals surface area (Å²) < 4.78 is 35.3. The first-order valence-corrected chi connectivity index (χ1v) is 8.39. The molecule has 1 aromatic heterocycles. The van der Waals surface area contributed by atoms with E-state index in [4.69, 9.17) is 18.6 Å². The van der Waals surface area contributed by atoms with Crippen LogP contribution < -0.4 is 18.6 Å². The molecule has 0 spiro atoms. The van der Waals surface area contributed by atoms with Crippen LogP contribution in [-0.4, -0.2) is 0 Å². The standard InChI is InChI=1S/C16H13S.ClHO4/c1-12-11-15(13-7-3-2-4-8-13)14-9-5-6-10-16(14)17-12;2-1(3,4)5/h2-11H,1H3;(H,2,3,4,5)/q+1;/p-1. The van der Waals surface area contributed by atoms with Crippen LogP contribution in [-0.2, 0) is 0 Å². The summed E-state index contributed by atoms with van der Waals surface area (Å²) in [4.78, 5) is 1.35. The molecule has 0 atom stereocenters. The quantitative estimate of drug-likeness (QED) is 0.601. The van der Waals surface area contributed by atoms with Gasteiger partial charge in [0, 0.05) is 24.4 Å². The minimum absolute atomic E-state index is 1.29. The van der Waals surface area contributed by atoms with Gasteiger partial charge in [-0.05, 0) is 17.2 Å². The predicted octanol–water partition coefficient (Wildman–Crippen LogP) is 0.402. The number of fused-ring (bicyclic) bond motifs is 1. The van der Waals surface area contributed by atoms with E-state index in [0.29, 0.717) is 0 Å². The van der Waals surface area contributed by atoms with Crippen molar-refractivity contribution >= 4 is 21.4 Å². The average molecular weight is 337 g/mol. The molecular weight excluding hydrogens is 324 g/mol. The zero-order valence-electron chi connectivity index (χ0n) is 11.7. The molecule has 0 unspecified atom stereocenters. The summed E-state index contributed by atoms with van der Waals surface area (Å²) in [6, 6.07) is 21.5. The fraction of sp³-hybridized carbons (Fsp3) is 0.0625. The van der Waals surface area contributed by atoms with Crippen LogP contribution in [0.3, 0.4) is 0 Å². The third-order valence-electron chi connectivity index (χ3n) is 2.88. The number of aryl methyl sites for hydroxylation is 1. The lowest BCUT2D eigenvalue weighted by Crippen LogP contribution is -2.68. The molecule has 0 N–H and O–H groups in total. The van der Waals surface area contributed by atoms with E-state index in [2.05, 4.69) is 67.6 Å². The molecule has 0 amide bonds. The first kappa shape index (κ1) is 16.8. The molecule has 0 fully saturated rings. The summed E-state index contributed by atoms with van der Waals surface area (Å²) in [6.45, 7) is 2.17. The lowest BCUT2D eigenvalue weighted by molar-refractivity contribution is -2.00. The Morgan fingerprint density at radius 2 is 1.36 bits per heavy atom. The molecule has 0 radical (unpaired) electrons. The van der Waals surface area contributed by atoms with Crippen molar-refractivity contribution in [2.45, 2.75) is 6.92 Å². The molecule has 22 heavy (non-hydrogen) atoms. The van der Waals surface area contributed by atoms with Crippen LogP contribution >= 0.6 is 11.3 Å². The maximum Gasteiger partial charge on any atom is 0.238 e. The van der Waals surface area contributed by atoms with Crippen LogP contribution in [0.25, 0.3) is 21.2 Å². The second-order valence-electron chi connectivity index (χ2n) is 4.51. The van der Waals surface area contributed by atoms with Gasteiger partial charge in [0.25, 0.3) is 0 Å². The van der Waals surface area contributed by atoms with Crippen molar-refractivity contribution in [3.8, 4) is 11.1 Å². The van der Waals surface area contributed by atoms with Gasteiger partial charge in [-0.1, -0.05) is 42.5 Å². The summed E-state index contributed by atoms with van der Waals surface area (Å²) >= 11 is 1.85. The largest absolute Gasteiger partial charge is 0.238 e. The summed E-state index contributed by atoms with van der Waals surface area (Å²) in [5.74, 6) is 0. The maximum absolute atomic E-state index is 8.49. The van der Waals surface area contributed by atoms with Crippen molar-refractivity contribution < 1.29 is 28.9 Å². The normalized spacial score (nSPS) is 11.0. The molecule has 114 valence electrons. The molecular formula is C16H13ClO4S. The molecule has 4 nitrogen and oxygen atoms in total. The van der Waals surface area contributed by atoms with Gasteiger partial charge in [0.05, 0.1) is 0 Å². The molecule has 0 aliphatic heterocycles. The minimum atomic E-state index is -4.94. The average Bonchev–Trinajstić information content (AvgIpc) is 2.45. The summed E-state index contributed by atoms with van der Waals surface area (Å²) in [5.41, 5.74) is 2.62. The minimum Gasteiger partial charge on any atom is -0.222 e. The fourth-order valence-electron chi connectivity index (χ4n) is 2.12. The van der Waals surface area contributed by atoms with Gasteiger partial charge in [-0.25, -0.2) is 18.6 Å². The third kappa shape index (κ3) is 4.99. The second-order valence-corrected chi connectivity index (χ2v) is 6.55. The third-order valence-corrected chi connectivity index (χ3v) is 3.90. The maximum atomic E-state index is 8.49. The van der Waals surface area contributed by atoms with E-state index in [9.17, 15) is 0 Å². The number of rotatable bonds is 1. The van der Waals surface area contributed by atoms with Crippen LogP contribution in [0.1, 0.15) is 4.88 Å². The van der Waals surface area contributed by atoms with E-state index in [1.807, 2.05) is 11.3 Å². The first-order valence-electron chi connectivity index (χ1n) is 6.34. The second kappa shape index (κ2) is 7.11. The van der Waals surface area contributed by atoms with Crippen molar-refractivity contribution in [2.75, 3.05) is 0 Å². The fourth-order valence-corrected chi connectivity index (χ4v) is 3.08. The Kier molecular flexibility index (Phi) is 5.42. The van der Waals surface area contributed by atoms with Gasteiger partial charge in [-0.3, -0.25) is 0 Å². The predicted molar refractivity (Wildman–Crippen MR) is 76.4 cm³/mol. The number of benzene rings is 2. The summed E-state index contributed by atoms with van der Waals surface area (Å²) in [7, 11) is -4.94. The molecule has 0 saturated heterocycles. The van der Waals surface area contributed by atoms with E-state index in [1.54, 1.807) is 0 Å². The topological polar surface area (TPSA) is 92.2 Å². The SMILES string of the molecule is Cc1cc(-c2ccccc2)c2ccccc2[s+]1.[O-][Cl+3]([O-])([O-])[O-]. The van der Waals surface area contributed by atoms with Gasteiger partial charge in [0.2, 0.25) is 20.9 Å². The van der Waals surface area contributed by atoms with Crippen molar-refractivity contribution in [1.82, 2.24) is 0 Å².